The number of aryl methyl sites for hydroxylation is 2. The molecule has 118 valence electrons. The van der Waals surface area contributed by atoms with Gasteiger partial charge in [0.05, 0.1) is 0 Å². The molecule has 0 bridgehead atoms. The van der Waals surface area contributed by atoms with Crippen LogP contribution in [0.1, 0.15) is 44.3 Å². The lowest BCUT2D eigenvalue weighted by Gasteiger charge is -2.11. The van der Waals surface area contributed by atoms with E-state index in [1.807, 2.05) is 14.0 Å². The minimum atomic E-state index is 0.0133. The number of aromatic nitrogens is 3. The Balaban J connectivity index is 1.74. The molecule has 1 unspecified atom stereocenters. The standard InChI is InChI=1S/C15H27N5O/c1-12(11-16-2)15(21)17-9-6-8-14-19-18-13-7-4-3-5-10-20(13)14/h12,16H,3-11H2,1-2H3,(H,17,21). The second-order valence-corrected chi connectivity index (χ2v) is 5.85. The summed E-state index contributed by atoms with van der Waals surface area (Å²) in [7, 11) is 1.86. The maximum Gasteiger partial charge on any atom is 0.224 e. The Kier molecular flexibility index (Phi) is 6.17. The summed E-state index contributed by atoms with van der Waals surface area (Å²) >= 11 is 0. The molecule has 0 radical (unpaired) electrons. The Morgan fingerprint density at radius 1 is 1.33 bits per heavy atom. The molecule has 2 N–H and O–H groups in total. The molecule has 0 aromatic carbocycles. The van der Waals surface area contributed by atoms with Crippen molar-refractivity contribution in [2.45, 2.75) is 52.0 Å². The third-order valence-electron chi connectivity index (χ3n) is 4.02. The van der Waals surface area contributed by atoms with Gasteiger partial charge in [0, 0.05) is 38.4 Å². The van der Waals surface area contributed by atoms with Gasteiger partial charge in [0.1, 0.15) is 11.6 Å². The van der Waals surface area contributed by atoms with E-state index in [2.05, 4.69) is 25.4 Å². The van der Waals surface area contributed by atoms with Gasteiger partial charge in [-0.15, -0.1) is 10.2 Å². The van der Waals surface area contributed by atoms with Crippen LogP contribution < -0.4 is 10.6 Å². The van der Waals surface area contributed by atoms with Gasteiger partial charge in [0.15, 0.2) is 0 Å². The fourth-order valence-corrected chi connectivity index (χ4v) is 2.76. The highest BCUT2D eigenvalue weighted by molar-refractivity contribution is 5.78. The normalized spacial score (nSPS) is 16.1. The minimum absolute atomic E-state index is 0.0133. The van der Waals surface area contributed by atoms with Crippen molar-refractivity contribution >= 4 is 5.91 Å². The first-order valence-corrected chi connectivity index (χ1v) is 8.05. The van der Waals surface area contributed by atoms with Crippen LogP contribution in [0.5, 0.6) is 0 Å². The third-order valence-corrected chi connectivity index (χ3v) is 4.02. The minimum Gasteiger partial charge on any atom is -0.356 e. The van der Waals surface area contributed by atoms with Gasteiger partial charge in [-0.25, -0.2) is 0 Å². The van der Waals surface area contributed by atoms with Crippen LogP contribution >= 0.6 is 0 Å². The molecule has 6 heteroatoms. The van der Waals surface area contributed by atoms with E-state index in [0.717, 1.165) is 37.5 Å². The summed E-state index contributed by atoms with van der Waals surface area (Å²) in [5, 5.41) is 14.6. The number of nitrogens with one attached hydrogen (secondary N) is 2. The predicted octanol–water partition coefficient (Wildman–Crippen LogP) is 0.909. The molecule has 0 spiro atoms. The van der Waals surface area contributed by atoms with Gasteiger partial charge in [-0.05, 0) is 26.3 Å². The van der Waals surface area contributed by atoms with Crippen LogP contribution in [0.15, 0.2) is 0 Å². The fourth-order valence-electron chi connectivity index (χ4n) is 2.76. The number of carbonyl (C=O) groups excluding carboxylic acids is 1. The number of nitrogens with zero attached hydrogens (tertiary/aromatic N) is 3. The zero-order valence-corrected chi connectivity index (χ0v) is 13.2. The molecule has 1 aliphatic heterocycles. The fraction of sp³-hybridized carbons (Fsp3) is 0.800. The van der Waals surface area contributed by atoms with Crippen LogP contribution in [-0.2, 0) is 24.2 Å². The lowest BCUT2D eigenvalue weighted by Crippen LogP contribution is -2.35. The number of hydrogen-bond acceptors (Lipinski definition) is 4. The summed E-state index contributed by atoms with van der Waals surface area (Å²) in [5.41, 5.74) is 0. The lowest BCUT2D eigenvalue weighted by atomic mass is 10.1. The predicted molar refractivity (Wildman–Crippen MR) is 82.0 cm³/mol. The van der Waals surface area contributed by atoms with Crippen molar-refractivity contribution in [2.24, 2.45) is 5.92 Å². The Hall–Kier alpha value is -1.43. The Bertz CT molecular complexity index is 457. The topological polar surface area (TPSA) is 71.8 Å². The Morgan fingerprint density at radius 2 is 2.19 bits per heavy atom. The number of amides is 1. The number of hydrogen-bond donors (Lipinski definition) is 2. The molecule has 0 fully saturated rings. The third kappa shape index (κ3) is 4.52. The summed E-state index contributed by atoms with van der Waals surface area (Å²) < 4.78 is 2.28. The first-order chi connectivity index (χ1) is 10.2. The average molecular weight is 293 g/mol. The maximum absolute atomic E-state index is 11.8. The molecular formula is C15H27N5O. The zero-order valence-electron chi connectivity index (χ0n) is 13.2. The second kappa shape index (κ2) is 8.12. The smallest absolute Gasteiger partial charge is 0.224 e. The first-order valence-electron chi connectivity index (χ1n) is 8.05. The first kappa shape index (κ1) is 15.9. The molecule has 1 aromatic heterocycles. The van der Waals surface area contributed by atoms with Gasteiger partial charge in [-0.2, -0.15) is 0 Å². The molecule has 6 nitrogen and oxygen atoms in total. The molecule has 1 aromatic rings. The molecule has 0 aliphatic carbocycles. The van der Waals surface area contributed by atoms with Crippen LogP contribution in [0.3, 0.4) is 0 Å². The SMILES string of the molecule is CNCC(C)C(=O)NCCCc1nnc2n1CCCCC2. The van der Waals surface area contributed by atoms with Gasteiger partial charge in [0.2, 0.25) is 5.91 Å². The quantitative estimate of drug-likeness (QED) is 0.733. The number of carbonyl (C=O) groups is 1. The summed E-state index contributed by atoms with van der Waals surface area (Å²) in [6.07, 6.45) is 6.56. The molecule has 21 heavy (non-hydrogen) atoms. The molecule has 0 saturated heterocycles. The highest BCUT2D eigenvalue weighted by atomic mass is 16.1. The van der Waals surface area contributed by atoms with Gasteiger partial charge >= 0.3 is 0 Å². The number of fused-ring (bicyclic) bond motifs is 1. The highest BCUT2D eigenvalue weighted by Crippen LogP contribution is 2.15. The van der Waals surface area contributed by atoms with E-state index in [0.29, 0.717) is 13.1 Å². The van der Waals surface area contributed by atoms with Crippen LogP contribution in [0.4, 0.5) is 0 Å². The monoisotopic (exact) mass is 293 g/mol. The molecule has 1 aliphatic rings. The molecule has 0 saturated carbocycles. The van der Waals surface area contributed by atoms with Crippen LogP contribution in [0.2, 0.25) is 0 Å². The van der Waals surface area contributed by atoms with E-state index >= 15 is 0 Å². The average Bonchev–Trinajstić information content (AvgIpc) is 2.71. The van der Waals surface area contributed by atoms with E-state index < -0.39 is 0 Å². The van der Waals surface area contributed by atoms with Crippen LogP contribution in [-0.4, -0.2) is 40.8 Å². The van der Waals surface area contributed by atoms with E-state index in [1.54, 1.807) is 0 Å². The lowest BCUT2D eigenvalue weighted by molar-refractivity contribution is -0.124. The summed E-state index contributed by atoms with van der Waals surface area (Å²) in [4.78, 5) is 11.8. The maximum atomic E-state index is 11.8. The second-order valence-electron chi connectivity index (χ2n) is 5.85. The highest BCUT2D eigenvalue weighted by Gasteiger charge is 2.15. The largest absolute Gasteiger partial charge is 0.356 e. The van der Waals surface area contributed by atoms with Crippen molar-refractivity contribution in [3.8, 4) is 0 Å². The van der Waals surface area contributed by atoms with Crippen molar-refractivity contribution in [3.63, 3.8) is 0 Å². The van der Waals surface area contributed by atoms with Gasteiger partial charge in [-0.1, -0.05) is 13.3 Å². The van der Waals surface area contributed by atoms with E-state index in [9.17, 15) is 4.79 Å². The van der Waals surface area contributed by atoms with Crippen molar-refractivity contribution < 1.29 is 4.79 Å². The Labute approximate surface area is 126 Å². The van der Waals surface area contributed by atoms with Crippen molar-refractivity contribution in [3.05, 3.63) is 11.6 Å². The van der Waals surface area contributed by atoms with E-state index in [4.69, 9.17) is 0 Å². The van der Waals surface area contributed by atoms with Gasteiger partial charge < -0.3 is 15.2 Å². The summed E-state index contributed by atoms with van der Waals surface area (Å²) in [6.45, 7) is 4.39. The summed E-state index contributed by atoms with van der Waals surface area (Å²) in [5.74, 6) is 2.34. The Morgan fingerprint density at radius 3 is 3.00 bits per heavy atom. The zero-order chi connectivity index (χ0) is 15.1. The van der Waals surface area contributed by atoms with Crippen LogP contribution in [0.25, 0.3) is 0 Å². The van der Waals surface area contributed by atoms with Crippen molar-refractivity contribution in [1.29, 1.82) is 0 Å². The molecule has 1 amide bonds. The summed E-state index contributed by atoms with van der Waals surface area (Å²) in [6, 6.07) is 0. The van der Waals surface area contributed by atoms with E-state index in [1.165, 1.54) is 19.3 Å². The van der Waals surface area contributed by atoms with Crippen molar-refractivity contribution in [2.75, 3.05) is 20.1 Å². The van der Waals surface area contributed by atoms with Gasteiger partial charge in [0.25, 0.3) is 0 Å². The molecular weight excluding hydrogens is 266 g/mol. The van der Waals surface area contributed by atoms with Crippen molar-refractivity contribution in [1.82, 2.24) is 25.4 Å². The molecule has 2 rings (SSSR count). The number of rotatable bonds is 7. The molecule has 2 heterocycles. The van der Waals surface area contributed by atoms with Crippen LogP contribution in [0, 0.1) is 5.92 Å². The van der Waals surface area contributed by atoms with E-state index in [-0.39, 0.29) is 11.8 Å². The molecule has 1 atom stereocenters. The van der Waals surface area contributed by atoms with Gasteiger partial charge in [-0.3, -0.25) is 4.79 Å².